The third-order valence-electron chi connectivity index (χ3n) is 10.9. The molecule has 10 aromatic rings. The first-order chi connectivity index (χ1) is 27.2. The van der Waals surface area contributed by atoms with Crippen LogP contribution in [0.3, 0.4) is 0 Å². The van der Waals surface area contributed by atoms with E-state index in [0.29, 0.717) is 5.84 Å². The van der Waals surface area contributed by atoms with E-state index < -0.39 is 0 Å². The Balaban J connectivity index is 1.17. The van der Waals surface area contributed by atoms with Crippen molar-refractivity contribution >= 4 is 65.9 Å². The van der Waals surface area contributed by atoms with Crippen LogP contribution in [0.15, 0.2) is 202 Å². The van der Waals surface area contributed by atoms with Gasteiger partial charge in [0, 0.05) is 21.9 Å². The minimum absolute atomic E-state index is 0.382. The molecule has 11 rings (SSSR count). The van der Waals surface area contributed by atoms with Crippen molar-refractivity contribution in [2.45, 2.75) is 6.17 Å². The van der Waals surface area contributed by atoms with Gasteiger partial charge in [0.05, 0.1) is 0 Å². The normalized spacial score (nSPS) is 14.4. The molecule has 4 nitrogen and oxygen atoms in total. The van der Waals surface area contributed by atoms with Gasteiger partial charge in [0.2, 0.25) is 0 Å². The van der Waals surface area contributed by atoms with E-state index in [9.17, 15) is 0 Å². The average molecular weight is 704 g/mol. The monoisotopic (exact) mass is 703 g/mol. The number of hydrogen-bond acceptors (Lipinski definition) is 4. The summed E-state index contributed by atoms with van der Waals surface area (Å²) in [6, 6.07) is 66.4. The van der Waals surface area contributed by atoms with Crippen LogP contribution >= 0.6 is 0 Å². The van der Waals surface area contributed by atoms with Gasteiger partial charge in [0.1, 0.15) is 23.2 Å². The lowest BCUT2D eigenvalue weighted by atomic mass is 9.92. The van der Waals surface area contributed by atoms with Gasteiger partial charge < -0.3 is 9.73 Å². The smallest absolute Gasteiger partial charge is 0.159 e. The predicted octanol–water partition coefficient (Wildman–Crippen LogP) is 12.9. The summed E-state index contributed by atoms with van der Waals surface area (Å²) in [6.45, 7) is 0. The molecule has 258 valence electrons. The van der Waals surface area contributed by atoms with Crippen molar-refractivity contribution in [3.05, 3.63) is 205 Å². The first-order valence-corrected chi connectivity index (χ1v) is 18.7. The SMILES string of the molecule is c1ccc(-c2ccccc2-c2cc(C3=NC(c4ccc5ccccc5c4)=NC(c4ccc5ccccc5c4)N3)c3c(c2)oc2cc4ccccc4cc23)cc1. The van der Waals surface area contributed by atoms with E-state index in [2.05, 4.69) is 193 Å². The highest BCUT2D eigenvalue weighted by Crippen LogP contribution is 2.40. The summed E-state index contributed by atoms with van der Waals surface area (Å²) in [5.41, 5.74) is 9.12. The van der Waals surface area contributed by atoms with Crippen LogP contribution in [-0.2, 0) is 0 Å². The van der Waals surface area contributed by atoms with Crippen LogP contribution in [0, 0.1) is 0 Å². The van der Waals surface area contributed by atoms with Gasteiger partial charge in [-0.15, -0.1) is 0 Å². The minimum Gasteiger partial charge on any atom is -0.456 e. The zero-order valence-electron chi connectivity index (χ0n) is 29.8. The summed E-state index contributed by atoms with van der Waals surface area (Å²) in [5, 5.41) is 12.9. The Kier molecular flexibility index (Phi) is 7.20. The number of rotatable bonds is 5. The number of nitrogens with zero attached hydrogens (tertiary/aromatic N) is 2. The predicted molar refractivity (Wildman–Crippen MR) is 229 cm³/mol. The summed E-state index contributed by atoms with van der Waals surface area (Å²) in [7, 11) is 0. The summed E-state index contributed by atoms with van der Waals surface area (Å²) >= 11 is 0. The number of aliphatic imine (C=N–C) groups is 2. The summed E-state index contributed by atoms with van der Waals surface area (Å²) in [4.78, 5) is 10.7. The fraction of sp³-hybridized carbons (Fsp3) is 0.0196. The van der Waals surface area contributed by atoms with Crippen molar-refractivity contribution in [1.29, 1.82) is 0 Å². The van der Waals surface area contributed by atoms with Crippen LogP contribution in [0.2, 0.25) is 0 Å². The summed E-state index contributed by atoms with van der Waals surface area (Å²) in [6.07, 6.45) is -0.382. The second-order valence-electron chi connectivity index (χ2n) is 14.2. The molecule has 0 radical (unpaired) electrons. The molecular formula is C51H33N3O. The highest BCUT2D eigenvalue weighted by Gasteiger charge is 2.26. The molecule has 1 aliphatic rings. The first kappa shape index (κ1) is 31.2. The minimum atomic E-state index is -0.382. The molecule has 0 fully saturated rings. The largest absolute Gasteiger partial charge is 0.456 e. The molecule has 0 saturated carbocycles. The molecule has 1 aromatic heterocycles. The Bertz CT molecular complexity index is 3190. The maximum absolute atomic E-state index is 6.81. The number of amidine groups is 2. The van der Waals surface area contributed by atoms with E-state index in [1.165, 1.54) is 16.2 Å². The Labute approximate surface area is 317 Å². The van der Waals surface area contributed by atoms with E-state index in [-0.39, 0.29) is 6.17 Å². The number of benzene rings is 9. The molecule has 0 bridgehead atoms. The van der Waals surface area contributed by atoms with Crippen LogP contribution in [0.25, 0.3) is 76.5 Å². The molecule has 0 spiro atoms. The Morgan fingerprint density at radius 1 is 0.418 bits per heavy atom. The summed E-state index contributed by atoms with van der Waals surface area (Å²) < 4.78 is 6.81. The van der Waals surface area contributed by atoms with Crippen molar-refractivity contribution < 1.29 is 4.42 Å². The molecule has 55 heavy (non-hydrogen) atoms. The maximum atomic E-state index is 6.81. The Morgan fingerprint density at radius 2 is 1.02 bits per heavy atom. The van der Waals surface area contributed by atoms with E-state index >= 15 is 0 Å². The third-order valence-corrected chi connectivity index (χ3v) is 10.9. The molecule has 1 N–H and O–H groups in total. The van der Waals surface area contributed by atoms with Crippen molar-refractivity contribution in [2.75, 3.05) is 0 Å². The zero-order chi connectivity index (χ0) is 36.3. The van der Waals surface area contributed by atoms with Crippen molar-refractivity contribution in [3.8, 4) is 22.3 Å². The third kappa shape index (κ3) is 5.46. The Morgan fingerprint density at radius 3 is 1.76 bits per heavy atom. The van der Waals surface area contributed by atoms with Crippen LogP contribution in [0.4, 0.5) is 0 Å². The summed E-state index contributed by atoms with van der Waals surface area (Å²) in [5.74, 6) is 1.43. The van der Waals surface area contributed by atoms with E-state index in [1.807, 2.05) is 0 Å². The second kappa shape index (κ2) is 12.7. The van der Waals surface area contributed by atoms with Gasteiger partial charge in [-0.1, -0.05) is 152 Å². The molecule has 2 heterocycles. The average Bonchev–Trinajstić information content (AvgIpc) is 3.62. The molecule has 0 aliphatic carbocycles. The molecule has 4 heteroatoms. The molecular weight excluding hydrogens is 671 g/mol. The van der Waals surface area contributed by atoms with Crippen molar-refractivity contribution in [1.82, 2.24) is 5.32 Å². The van der Waals surface area contributed by atoms with Crippen LogP contribution in [-0.4, -0.2) is 11.7 Å². The fourth-order valence-corrected chi connectivity index (χ4v) is 8.13. The lowest BCUT2D eigenvalue weighted by Crippen LogP contribution is -2.33. The van der Waals surface area contributed by atoms with Gasteiger partial charge in [-0.3, -0.25) is 0 Å². The quantitative estimate of drug-likeness (QED) is 0.194. The standard InChI is InChI=1S/C51H33N3O/c1-2-14-34(15-3-1)42-20-10-11-21-43(42)41-29-45(48-44-28-37-18-8-9-19-38(37)30-46(44)55-47(48)31-41)51-53-49(39-24-22-32-12-4-6-16-35(32)26-39)52-50(54-51)40-25-23-33-13-5-7-17-36(33)27-40/h1-31,49H,(H,52,53,54). The molecule has 1 unspecified atom stereocenters. The van der Waals surface area contributed by atoms with Crippen molar-refractivity contribution in [3.63, 3.8) is 0 Å². The number of furan rings is 1. The molecule has 0 saturated heterocycles. The highest BCUT2D eigenvalue weighted by molar-refractivity contribution is 6.24. The number of fused-ring (bicyclic) bond motifs is 6. The van der Waals surface area contributed by atoms with E-state index in [0.717, 1.165) is 82.9 Å². The van der Waals surface area contributed by atoms with Gasteiger partial charge in [0.25, 0.3) is 0 Å². The topological polar surface area (TPSA) is 49.9 Å². The van der Waals surface area contributed by atoms with Gasteiger partial charge >= 0.3 is 0 Å². The van der Waals surface area contributed by atoms with Crippen LogP contribution in [0.5, 0.6) is 0 Å². The van der Waals surface area contributed by atoms with E-state index in [4.69, 9.17) is 14.4 Å². The molecule has 1 atom stereocenters. The molecule has 0 amide bonds. The zero-order valence-corrected chi connectivity index (χ0v) is 29.8. The van der Waals surface area contributed by atoms with Gasteiger partial charge in [0.15, 0.2) is 5.84 Å². The lowest BCUT2D eigenvalue weighted by Gasteiger charge is -2.25. The lowest BCUT2D eigenvalue weighted by molar-refractivity contribution is 0.668. The van der Waals surface area contributed by atoms with Crippen LogP contribution in [0.1, 0.15) is 22.9 Å². The second-order valence-corrected chi connectivity index (χ2v) is 14.2. The van der Waals surface area contributed by atoms with Gasteiger partial charge in [-0.2, -0.15) is 0 Å². The number of hydrogen-bond donors (Lipinski definition) is 1. The number of nitrogens with one attached hydrogen (secondary N) is 1. The van der Waals surface area contributed by atoms with E-state index in [1.54, 1.807) is 0 Å². The Hall–Kier alpha value is -7.30. The molecule has 9 aromatic carbocycles. The highest BCUT2D eigenvalue weighted by atomic mass is 16.3. The maximum Gasteiger partial charge on any atom is 0.159 e. The molecule has 1 aliphatic heterocycles. The fourth-order valence-electron chi connectivity index (χ4n) is 8.13. The van der Waals surface area contributed by atoms with Gasteiger partial charge in [-0.25, -0.2) is 9.98 Å². The van der Waals surface area contributed by atoms with Gasteiger partial charge in [-0.05, 0) is 96.5 Å². The van der Waals surface area contributed by atoms with Crippen molar-refractivity contribution in [2.24, 2.45) is 9.98 Å². The first-order valence-electron chi connectivity index (χ1n) is 18.7. The van der Waals surface area contributed by atoms with Crippen LogP contribution < -0.4 is 5.32 Å².